The number of hydrogen-bond acceptors (Lipinski definition) is 1. The van der Waals surface area contributed by atoms with Gasteiger partial charge in [0, 0.05) is 33.0 Å². The maximum atomic E-state index is 10.2. The molecule has 0 bridgehead atoms. The summed E-state index contributed by atoms with van der Waals surface area (Å²) >= 11 is 0. The molecule has 9 aromatic carbocycles. The predicted molar refractivity (Wildman–Crippen MR) is 227 cm³/mol. The molecule has 55 heavy (non-hydrogen) atoms. The van der Waals surface area contributed by atoms with E-state index < -0.39 is 176 Å². The highest BCUT2D eigenvalue weighted by atomic mass is 16.5. The predicted octanol–water partition coefficient (Wildman–Crippen LogP) is 13.7. The van der Waals surface area contributed by atoms with Gasteiger partial charge in [-0.1, -0.05) is 157 Å². The van der Waals surface area contributed by atoms with Crippen LogP contribution in [0.3, 0.4) is 0 Å². The summed E-state index contributed by atoms with van der Waals surface area (Å²) in [6.07, 6.45) is 0. The van der Waals surface area contributed by atoms with Gasteiger partial charge in [0.1, 0.15) is 11.5 Å². The van der Waals surface area contributed by atoms with Crippen LogP contribution in [0.25, 0.3) is 71.6 Å². The molecule has 12 rings (SSSR count). The van der Waals surface area contributed by atoms with Crippen molar-refractivity contribution in [1.29, 1.82) is 0 Å². The van der Waals surface area contributed by atoms with Gasteiger partial charge >= 0.3 is 0 Å². The summed E-state index contributed by atoms with van der Waals surface area (Å²) in [4.78, 5) is 0. The van der Waals surface area contributed by atoms with Crippen LogP contribution in [0, 0.1) is 0 Å². The van der Waals surface area contributed by atoms with Crippen molar-refractivity contribution in [2.24, 2.45) is 0 Å². The highest BCUT2D eigenvalue weighted by Crippen LogP contribution is 2.62. The molecule has 0 amide bonds. The largest absolute Gasteiger partial charge is 0.457 e. The first kappa shape index (κ1) is 17.3. The highest BCUT2D eigenvalue weighted by molar-refractivity contribution is 6.19. The van der Waals surface area contributed by atoms with E-state index in [0.29, 0.717) is 5.56 Å². The molecule has 1 aromatic heterocycles. The Kier molecular flexibility index (Phi) is 3.60. The van der Waals surface area contributed by atoms with Crippen LogP contribution in [0.1, 0.15) is 48.3 Å². The van der Waals surface area contributed by atoms with Gasteiger partial charge in [-0.05, 0) is 92.3 Å². The smallest absolute Gasteiger partial charge is 0.132 e. The lowest BCUT2D eigenvalue weighted by molar-refractivity contribution is 0.436. The third kappa shape index (κ3) is 4.19. The Hall–Kier alpha value is -7.16. The van der Waals surface area contributed by atoms with Crippen LogP contribution in [-0.2, 0) is 5.41 Å². The number of para-hydroxylation sites is 2. The average Bonchev–Trinajstić information content (AvgIpc) is 3.93. The van der Waals surface area contributed by atoms with Gasteiger partial charge in [-0.15, -0.1) is 0 Å². The summed E-state index contributed by atoms with van der Waals surface area (Å²) < 4.78 is 184. The molecule has 0 atom stereocenters. The third-order valence-corrected chi connectivity index (χ3v) is 10.6. The molecule has 10 aromatic rings. The SMILES string of the molecule is [2H]c1c([2H])c([2H])c2c(c1[2H])Oc1c([2H])c([2H])c(-c3c([2H])c([2H])c(-c4ccc5c(c4)c4ccc6ccccc6c4n5-c4ccccc4)c([2H])c3[2H])c([2H])c1C21c2c([2H])c([2H])c([2H])c([2H])c2-c2c([2H])c([2H])c([2H])c([2H])c21. The molecular formula is C53H33NO. The summed E-state index contributed by atoms with van der Waals surface area (Å²) in [5.74, 6) is -1.46. The number of fused-ring (bicyclic) bond motifs is 14. The van der Waals surface area contributed by atoms with Crippen molar-refractivity contribution >= 4 is 32.6 Å². The lowest BCUT2D eigenvalue weighted by Gasteiger charge is -2.39. The molecule has 256 valence electrons. The molecule has 1 aliphatic heterocycles. The summed E-state index contributed by atoms with van der Waals surface area (Å²) in [5, 5.41) is 3.55. The van der Waals surface area contributed by atoms with Gasteiger partial charge in [-0.3, -0.25) is 0 Å². The van der Waals surface area contributed by atoms with Gasteiger partial charge in [0.15, 0.2) is 0 Å². The molecule has 1 aliphatic carbocycles. The monoisotopic (exact) mass is 718 g/mol. The fraction of sp³-hybridized carbons (Fsp3) is 0.0189. The van der Waals surface area contributed by atoms with E-state index in [1.807, 2.05) is 72.8 Å². The van der Waals surface area contributed by atoms with Gasteiger partial charge in [0.05, 0.1) is 42.5 Å². The fourth-order valence-electron chi connectivity index (χ4n) is 8.28. The molecule has 2 heteroatoms. The van der Waals surface area contributed by atoms with Crippen LogP contribution in [0.15, 0.2) is 200 Å². The van der Waals surface area contributed by atoms with Crippen molar-refractivity contribution in [2.45, 2.75) is 5.41 Å². The molecular weight excluding hydrogens is 667 g/mol. The Morgan fingerprint density at radius 3 is 1.87 bits per heavy atom. The van der Waals surface area contributed by atoms with E-state index in [-0.39, 0.29) is 5.56 Å². The summed E-state index contributed by atoms with van der Waals surface area (Å²) in [5.41, 5.74) is -4.77. The Labute approximate surface area is 345 Å². The second kappa shape index (κ2) is 11.4. The van der Waals surface area contributed by atoms with Crippen molar-refractivity contribution < 1.29 is 30.8 Å². The molecule has 2 heterocycles. The van der Waals surface area contributed by atoms with Crippen molar-refractivity contribution in [3.63, 3.8) is 0 Å². The lowest BCUT2D eigenvalue weighted by Crippen LogP contribution is -2.32. The Morgan fingerprint density at radius 2 is 1.09 bits per heavy atom. The molecule has 2 aliphatic rings. The molecule has 0 unspecified atom stereocenters. The normalized spacial score (nSPS) is 18.2. The maximum Gasteiger partial charge on any atom is 0.132 e. The van der Waals surface area contributed by atoms with Gasteiger partial charge in [-0.2, -0.15) is 0 Å². The van der Waals surface area contributed by atoms with E-state index in [0.717, 1.165) is 38.3 Å². The molecule has 0 saturated heterocycles. The first-order valence-corrected chi connectivity index (χ1v) is 17.5. The number of rotatable bonds is 3. The standard InChI is InChI=1S/C53H33NO/c1-2-13-39(14-3-1)54-49-30-27-37(32-44(49)43-29-26-36-12-4-5-15-40(36)52(43)54)34-22-24-35(25-23-34)38-28-31-51-48(33-38)53(47-20-10-11-21-50(47)55-51)45-18-8-6-16-41(45)42-17-7-9-19-46(42)53/h1-33H/i6D,7D,8D,9D,10D,11D,16D,17D,18D,19D,20D,21D,22D,23D,24D,25D,28D,31D,33D. The molecule has 0 N–H and O–H groups in total. The number of ether oxygens (including phenoxy) is 1. The zero-order chi connectivity index (χ0) is 52.6. The fourth-order valence-corrected chi connectivity index (χ4v) is 8.28. The van der Waals surface area contributed by atoms with Crippen LogP contribution < -0.4 is 4.74 Å². The Balaban J connectivity index is 1.18. The van der Waals surface area contributed by atoms with E-state index in [4.69, 9.17) is 14.3 Å². The van der Waals surface area contributed by atoms with E-state index in [1.165, 1.54) is 0 Å². The van der Waals surface area contributed by atoms with Crippen LogP contribution in [0.2, 0.25) is 0 Å². The van der Waals surface area contributed by atoms with Crippen molar-refractivity contribution in [1.82, 2.24) is 4.57 Å². The lowest BCUT2D eigenvalue weighted by atomic mass is 9.66. The third-order valence-electron chi connectivity index (χ3n) is 10.6. The van der Waals surface area contributed by atoms with E-state index >= 15 is 0 Å². The molecule has 0 radical (unpaired) electrons. The second-order valence-electron chi connectivity index (χ2n) is 13.3. The summed E-state index contributed by atoms with van der Waals surface area (Å²) in [6, 6.07) is 11.4. The molecule has 2 nitrogen and oxygen atoms in total. The molecule has 1 spiro atoms. The van der Waals surface area contributed by atoms with Gasteiger partial charge in [0.25, 0.3) is 0 Å². The van der Waals surface area contributed by atoms with Gasteiger partial charge in [-0.25, -0.2) is 0 Å². The van der Waals surface area contributed by atoms with Crippen LogP contribution in [0.4, 0.5) is 0 Å². The summed E-state index contributed by atoms with van der Waals surface area (Å²) in [6.45, 7) is 0. The Morgan fingerprint density at radius 1 is 0.455 bits per heavy atom. The maximum absolute atomic E-state index is 10.2. The first-order valence-electron chi connectivity index (χ1n) is 27.0. The second-order valence-corrected chi connectivity index (χ2v) is 13.3. The Bertz CT molecular complexity index is 4180. The van der Waals surface area contributed by atoms with E-state index in [9.17, 15) is 16.4 Å². The van der Waals surface area contributed by atoms with Crippen molar-refractivity contribution in [2.75, 3.05) is 0 Å². The quantitative estimate of drug-likeness (QED) is 0.177. The number of hydrogen-bond donors (Lipinski definition) is 0. The van der Waals surface area contributed by atoms with Crippen molar-refractivity contribution in [3.05, 3.63) is 222 Å². The number of benzene rings is 9. The average molecular weight is 719 g/mol. The van der Waals surface area contributed by atoms with Crippen LogP contribution in [0.5, 0.6) is 11.5 Å². The topological polar surface area (TPSA) is 14.2 Å². The van der Waals surface area contributed by atoms with Crippen LogP contribution in [-0.4, -0.2) is 4.57 Å². The van der Waals surface area contributed by atoms with E-state index in [2.05, 4.69) is 4.57 Å². The minimum absolute atomic E-state index is 0.135. The number of aromatic nitrogens is 1. The minimum Gasteiger partial charge on any atom is -0.457 e. The molecule has 0 fully saturated rings. The summed E-state index contributed by atoms with van der Waals surface area (Å²) in [7, 11) is 0. The minimum atomic E-state index is -2.77. The van der Waals surface area contributed by atoms with Gasteiger partial charge < -0.3 is 9.30 Å². The zero-order valence-corrected chi connectivity index (χ0v) is 28.4. The van der Waals surface area contributed by atoms with Gasteiger partial charge in [0.2, 0.25) is 0 Å². The zero-order valence-electron chi connectivity index (χ0n) is 47.4. The highest BCUT2D eigenvalue weighted by Gasteiger charge is 2.51. The van der Waals surface area contributed by atoms with E-state index in [1.54, 1.807) is 12.1 Å². The molecule has 0 saturated carbocycles. The first-order chi connectivity index (χ1) is 35.2. The van der Waals surface area contributed by atoms with Crippen LogP contribution >= 0.6 is 0 Å². The van der Waals surface area contributed by atoms with Crippen molar-refractivity contribution in [3.8, 4) is 50.6 Å². The number of nitrogens with zero attached hydrogens (tertiary/aromatic N) is 1.